The number of nitrogens with zero attached hydrogens (tertiary/aromatic N) is 2. The van der Waals surface area contributed by atoms with Crippen molar-refractivity contribution < 1.29 is 13.2 Å². The number of aromatic amines is 1. The van der Waals surface area contributed by atoms with E-state index in [1.165, 1.54) is 4.31 Å². The third-order valence-electron chi connectivity index (χ3n) is 3.37. The van der Waals surface area contributed by atoms with E-state index < -0.39 is 15.6 Å². The van der Waals surface area contributed by atoms with Crippen LogP contribution in [-0.2, 0) is 21.3 Å². The maximum absolute atomic E-state index is 12.8. The fourth-order valence-electron chi connectivity index (χ4n) is 2.27. The number of H-pyrrole nitrogens is 1. The zero-order valence-electron chi connectivity index (χ0n) is 13.0. The van der Waals surface area contributed by atoms with Crippen LogP contribution in [0.1, 0.15) is 33.3 Å². The quantitative estimate of drug-likeness (QED) is 0.835. The van der Waals surface area contributed by atoms with Crippen LogP contribution in [0, 0.1) is 0 Å². The molecular formula is C13H24N4O3S. The molecule has 0 saturated carbocycles. The topological polar surface area (TPSA) is 87.3 Å². The van der Waals surface area contributed by atoms with Gasteiger partial charge in [0.15, 0.2) is 5.03 Å². The molecule has 1 aliphatic rings. The molecule has 0 spiro atoms. The molecule has 2 rings (SSSR count). The summed E-state index contributed by atoms with van der Waals surface area (Å²) in [5, 5.41) is 9.92. The first kappa shape index (κ1) is 16.4. The van der Waals surface area contributed by atoms with Crippen molar-refractivity contribution in [2.45, 2.75) is 50.9 Å². The van der Waals surface area contributed by atoms with Gasteiger partial charge in [-0.3, -0.25) is 5.10 Å². The lowest BCUT2D eigenvalue weighted by Gasteiger charge is -2.37. The van der Waals surface area contributed by atoms with Crippen LogP contribution in [0.25, 0.3) is 0 Å². The molecule has 1 aliphatic heterocycles. The van der Waals surface area contributed by atoms with Crippen molar-refractivity contribution in [2.75, 3.05) is 19.7 Å². The van der Waals surface area contributed by atoms with Crippen LogP contribution in [-0.4, -0.2) is 54.3 Å². The predicted molar refractivity (Wildman–Crippen MR) is 79.4 cm³/mol. The Morgan fingerprint density at radius 3 is 2.86 bits per heavy atom. The monoisotopic (exact) mass is 316 g/mol. The van der Waals surface area contributed by atoms with E-state index in [4.69, 9.17) is 4.74 Å². The largest absolute Gasteiger partial charge is 0.373 e. The fraction of sp³-hybridized carbons (Fsp3) is 0.769. The van der Waals surface area contributed by atoms with Gasteiger partial charge in [-0.2, -0.15) is 9.40 Å². The number of hydrogen-bond acceptors (Lipinski definition) is 5. The van der Waals surface area contributed by atoms with Gasteiger partial charge in [-0.05, 0) is 13.8 Å². The van der Waals surface area contributed by atoms with Crippen LogP contribution in [0.5, 0.6) is 0 Å². The normalized spacial score (nSPS) is 20.0. The lowest BCUT2D eigenvalue weighted by molar-refractivity contribution is -0.0640. The van der Waals surface area contributed by atoms with E-state index in [0.29, 0.717) is 31.8 Å². The molecule has 0 aliphatic carbocycles. The van der Waals surface area contributed by atoms with E-state index in [-0.39, 0.29) is 11.1 Å². The Labute approximate surface area is 126 Å². The third kappa shape index (κ3) is 3.82. The van der Waals surface area contributed by atoms with Gasteiger partial charge in [-0.1, -0.05) is 13.8 Å². The Kier molecular flexibility index (Phi) is 4.72. The summed E-state index contributed by atoms with van der Waals surface area (Å²) in [5.74, 6) is 0. The number of ether oxygens (including phenoxy) is 1. The van der Waals surface area contributed by atoms with Crippen LogP contribution in [0.3, 0.4) is 0 Å². The summed E-state index contributed by atoms with van der Waals surface area (Å²) in [4.78, 5) is 0. The molecule has 21 heavy (non-hydrogen) atoms. The Balaban J connectivity index is 2.22. The van der Waals surface area contributed by atoms with Gasteiger partial charge < -0.3 is 10.1 Å². The molecule has 1 fully saturated rings. The third-order valence-corrected chi connectivity index (χ3v) is 5.23. The molecule has 0 amide bonds. The molecule has 0 bridgehead atoms. The molecule has 2 N–H and O–H groups in total. The van der Waals surface area contributed by atoms with Gasteiger partial charge in [0.2, 0.25) is 0 Å². The van der Waals surface area contributed by atoms with E-state index in [1.807, 2.05) is 27.7 Å². The van der Waals surface area contributed by atoms with Gasteiger partial charge in [0.25, 0.3) is 10.0 Å². The molecule has 0 aromatic carbocycles. The van der Waals surface area contributed by atoms with Crippen LogP contribution in [0.15, 0.2) is 11.2 Å². The molecule has 1 aromatic heterocycles. The summed E-state index contributed by atoms with van der Waals surface area (Å²) < 4.78 is 32.6. The predicted octanol–water partition coefficient (Wildman–Crippen LogP) is 0.707. The zero-order chi connectivity index (χ0) is 15.7. The standard InChI is InChI=1S/C13H24N4O3S/c1-10(2)14-7-11-8-15-16-12(11)21(18,19)17-5-6-20-13(3,4)9-17/h8,10,14H,5-7,9H2,1-4H3,(H,15,16). The van der Waals surface area contributed by atoms with Crippen molar-refractivity contribution in [1.82, 2.24) is 19.8 Å². The molecule has 0 atom stereocenters. The average molecular weight is 316 g/mol. The van der Waals surface area contributed by atoms with Crippen molar-refractivity contribution in [1.29, 1.82) is 0 Å². The molecule has 7 nitrogen and oxygen atoms in total. The first-order chi connectivity index (χ1) is 9.72. The van der Waals surface area contributed by atoms with Crippen molar-refractivity contribution >= 4 is 10.0 Å². The van der Waals surface area contributed by atoms with Gasteiger partial charge in [0.1, 0.15) is 0 Å². The number of rotatable bonds is 5. The number of morpholine rings is 1. The van der Waals surface area contributed by atoms with E-state index >= 15 is 0 Å². The summed E-state index contributed by atoms with van der Waals surface area (Å²) in [6.07, 6.45) is 1.56. The molecule has 1 aromatic rings. The second-order valence-corrected chi connectivity index (χ2v) is 8.08. The Morgan fingerprint density at radius 1 is 1.52 bits per heavy atom. The van der Waals surface area contributed by atoms with Crippen molar-refractivity contribution in [3.05, 3.63) is 11.8 Å². The maximum atomic E-state index is 12.8. The summed E-state index contributed by atoms with van der Waals surface area (Å²) in [6.45, 7) is 9.38. The highest BCUT2D eigenvalue weighted by Gasteiger charge is 2.36. The van der Waals surface area contributed by atoms with E-state index in [0.717, 1.165) is 0 Å². The summed E-state index contributed by atoms with van der Waals surface area (Å²) in [5.41, 5.74) is 0.190. The van der Waals surface area contributed by atoms with E-state index in [2.05, 4.69) is 15.5 Å². The van der Waals surface area contributed by atoms with Gasteiger partial charge >= 0.3 is 0 Å². The van der Waals surface area contributed by atoms with Gasteiger partial charge in [-0.15, -0.1) is 0 Å². The first-order valence-electron chi connectivity index (χ1n) is 7.12. The second kappa shape index (κ2) is 6.04. The maximum Gasteiger partial charge on any atom is 0.260 e. The molecule has 0 unspecified atom stereocenters. The van der Waals surface area contributed by atoms with Gasteiger partial charge in [0, 0.05) is 31.2 Å². The minimum atomic E-state index is -3.57. The summed E-state index contributed by atoms with van der Waals surface area (Å²) in [7, 11) is -3.57. The van der Waals surface area contributed by atoms with Crippen LogP contribution < -0.4 is 5.32 Å². The van der Waals surface area contributed by atoms with Gasteiger partial charge in [-0.25, -0.2) is 8.42 Å². The fourth-order valence-corrected chi connectivity index (χ4v) is 3.95. The molecule has 8 heteroatoms. The molecule has 0 radical (unpaired) electrons. The number of aromatic nitrogens is 2. The highest BCUT2D eigenvalue weighted by Crippen LogP contribution is 2.24. The lowest BCUT2D eigenvalue weighted by atomic mass is 10.1. The molecule has 2 heterocycles. The second-order valence-electron chi connectivity index (χ2n) is 6.21. The number of hydrogen-bond donors (Lipinski definition) is 2. The molecule has 1 saturated heterocycles. The van der Waals surface area contributed by atoms with Crippen molar-refractivity contribution in [2.24, 2.45) is 0 Å². The number of nitrogens with one attached hydrogen (secondary N) is 2. The molecular weight excluding hydrogens is 292 g/mol. The number of sulfonamides is 1. The van der Waals surface area contributed by atoms with Gasteiger partial charge in [0.05, 0.1) is 18.4 Å². The van der Waals surface area contributed by atoms with Crippen LogP contribution >= 0.6 is 0 Å². The van der Waals surface area contributed by atoms with Crippen LogP contribution in [0.4, 0.5) is 0 Å². The highest BCUT2D eigenvalue weighted by molar-refractivity contribution is 7.89. The van der Waals surface area contributed by atoms with Crippen LogP contribution in [0.2, 0.25) is 0 Å². The zero-order valence-corrected chi connectivity index (χ0v) is 13.8. The lowest BCUT2D eigenvalue weighted by Crippen LogP contribution is -2.50. The average Bonchev–Trinajstić information content (AvgIpc) is 2.84. The van der Waals surface area contributed by atoms with Crippen molar-refractivity contribution in [3.63, 3.8) is 0 Å². The Morgan fingerprint density at radius 2 is 2.24 bits per heavy atom. The summed E-state index contributed by atoms with van der Waals surface area (Å²) in [6, 6.07) is 0.276. The SMILES string of the molecule is CC(C)NCc1cn[nH]c1S(=O)(=O)N1CCOC(C)(C)C1. The minimum absolute atomic E-state index is 0.174. The highest BCUT2D eigenvalue weighted by atomic mass is 32.2. The smallest absolute Gasteiger partial charge is 0.260 e. The van der Waals surface area contributed by atoms with E-state index in [1.54, 1.807) is 6.20 Å². The Hall–Kier alpha value is -0.960. The summed E-state index contributed by atoms with van der Waals surface area (Å²) >= 11 is 0. The molecule has 120 valence electrons. The van der Waals surface area contributed by atoms with E-state index in [9.17, 15) is 8.42 Å². The minimum Gasteiger partial charge on any atom is -0.373 e. The Bertz CT molecular complexity index is 580. The first-order valence-corrected chi connectivity index (χ1v) is 8.56. The van der Waals surface area contributed by atoms with Crippen molar-refractivity contribution in [3.8, 4) is 0 Å².